The third-order valence-electron chi connectivity index (χ3n) is 5.98. The van der Waals surface area contributed by atoms with Crippen molar-refractivity contribution in [2.45, 2.75) is 49.7 Å². The maximum atomic E-state index is 6.25. The Kier molecular flexibility index (Phi) is 4.75. The number of aromatic amines is 1. The third-order valence-corrected chi connectivity index (χ3v) is 6.25. The lowest BCUT2D eigenvalue weighted by Gasteiger charge is -2.39. The highest BCUT2D eigenvalue weighted by Crippen LogP contribution is 2.27. The fourth-order valence-corrected chi connectivity index (χ4v) is 4.73. The molecule has 0 aromatic carbocycles. The summed E-state index contributed by atoms with van der Waals surface area (Å²) in [4.78, 5) is 19.5. The normalized spacial score (nSPS) is 29.0. The smallest absolute Gasteiger partial charge is 0.145 e. The van der Waals surface area contributed by atoms with Crippen LogP contribution in [-0.2, 0) is 4.74 Å². The summed E-state index contributed by atoms with van der Waals surface area (Å²) in [7, 11) is 0. The number of hydrogen-bond acceptors (Lipinski definition) is 6. The van der Waals surface area contributed by atoms with Gasteiger partial charge in [0.05, 0.1) is 29.3 Å². The Morgan fingerprint density at radius 3 is 2.78 bits per heavy atom. The number of ether oxygens (including phenoxy) is 1. The van der Waals surface area contributed by atoms with Crippen molar-refractivity contribution in [2.75, 3.05) is 31.6 Å². The standard InChI is InChI=1S/C19H25ClN6O/c20-15-6-5-14-17(25-15)16-18(21-11-22-19(16)24-14)23-12-1-3-13(4-2-12)26-7-9-27-10-8-26/h5,11-13,15H,1-4,6-10H2,(H2,21,22,23,24)/t12-,13-,15?. The molecule has 5 rings (SSSR count). The highest BCUT2D eigenvalue weighted by Gasteiger charge is 2.27. The number of alkyl halides is 1. The second kappa shape index (κ2) is 7.37. The molecule has 7 nitrogen and oxygen atoms in total. The van der Waals surface area contributed by atoms with Crippen molar-refractivity contribution in [2.24, 2.45) is 4.99 Å². The van der Waals surface area contributed by atoms with Crippen LogP contribution >= 0.6 is 11.6 Å². The largest absolute Gasteiger partial charge is 0.379 e. The van der Waals surface area contributed by atoms with Gasteiger partial charge in [0.1, 0.15) is 23.3 Å². The van der Waals surface area contributed by atoms with Crippen LogP contribution < -0.4 is 16.0 Å². The number of H-pyrrole nitrogens is 1. The van der Waals surface area contributed by atoms with E-state index in [4.69, 9.17) is 16.3 Å². The van der Waals surface area contributed by atoms with E-state index in [2.05, 4.69) is 36.2 Å². The first kappa shape index (κ1) is 17.4. The van der Waals surface area contributed by atoms with E-state index in [1.54, 1.807) is 6.33 Å². The van der Waals surface area contributed by atoms with E-state index in [-0.39, 0.29) is 5.50 Å². The van der Waals surface area contributed by atoms with Gasteiger partial charge in [-0.15, -0.1) is 0 Å². The molecule has 0 amide bonds. The predicted octanol–water partition coefficient (Wildman–Crippen LogP) is 1.38. The zero-order valence-corrected chi connectivity index (χ0v) is 16.1. The molecule has 8 heteroatoms. The molecule has 1 aliphatic carbocycles. The number of morpholine rings is 1. The molecule has 144 valence electrons. The molecule has 1 atom stereocenters. The molecule has 1 saturated carbocycles. The van der Waals surface area contributed by atoms with Crippen LogP contribution in [0.5, 0.6) is 0 Å². The Bertz CT molecular complexity index is 930. The van der Waals surface area contributed by atoms with E-state index in [0.29, 0.717) is 12.1 Å². The van der Waals surface area contributed by atoms with Crippen molar-refractivity contribution < 1.29 is 4.74 Å². The van der Waals surface area contributed by atoms with Gasteiger partial charge in [0.2, 0.25) is 0 Å². The third kappa shape index (κ3) is 3.44. The predicted molar refractivity (Wildman–Crippen MR) is 105 cm³/mol. The topological polar surface area (TPSA) is 78.4 Å². The van der Waals surface area contributed by atoms with Gasteiger partial charge in [-0.25, -0.2) is 9.97 Å². The molecule has 1 unspecified atom stereocenters. The van der Waals surface area contributed by atoms with Crippen LogP contribution in [0, 0.1) is 0 Å². The fraction of sp³-hybridized carbons (Fsp3) is 0.632. The van der Waals surface area contributed by atoms with Crippen molar-refractivity contribution in [3.8, 4) is 0 Å². The van der Waals surface area contributed by atoms with E-state index >= 15 is 0 Å². The Labute approximate surface area is 162 Å². The average molecular weight is 389 g/mol. The number of nitrogens with one attached hydrogen (secondary N) is 2. The van der Waals surface area contributed by atoms with Crippen LogP contribution in [-0.4, -0.2) is 63.7 Å². The highest BCUT2D eigenvalue weighted by molar-refractivity contribution is 6.20. The molecule has 4 heterocycles. The van der Waals surface area contributed by atoms with Crippen LogP contribution in [0.15, 0.2) is 11.3 Å². The van der Waals surface area contributed by atoms with Gasteiger partial charge < -0.3 is 15.0 Å². The Morgan fingerprint density at radius 1 is 1.15 bits per heavy atom. The molecule has 2 N–H and O–H groups in total. The number of anilines is 1. The van der Waals surface area contributed by atoms with Crippen molar-refractivity contribution in [3.05, 3.63) is 17.0 Å². The van der Waals surface area contributed by atoms with Crippen LogP contribution in [0.4, 0.5) is 5.82 Å². The van der Waals surface area contributed by atoms with Crippen LogP contribution in [0.25, 0.3) is 17.1 Å². The Hall–Kier alpha value is -1.70. The highest BCUT2D eigenvalue weighted by atomic mass is 35.5. The molecule has 0 bridgehead atoms. The summed E-state index contributed by atoms with van der Waals surface area (Å²) in [6, 6.07) is 1.13. The fourth-order valence-electron chi connectivity index (χ4n) is 4.55. The second-order valence-electron chi connectivity index (χ2n) is 7.63. The molecule has 27 heavy (non-hydrogen) atoms. The summed E-state index contributed by atoms with van der Waals surface area (Å²) < 4.78 is 5.48. The minimum Gasteiger partial charge on any atom is -0.379 e. The molecule has 0 spiro atoms. The molecular weight excluding hydrogens is 364 g/mol. The number of aromatic nitrogens is 3. The molecule has 2 aliphatic heterocycles. The molecule has 1 saturated heterocycles. The van der Waals surface area contributed by atoms with Gasteiger partial charge in [0, 0.05) is 31.6 Å². The van der Waals surface area contributed by atoms with Crippen LogP contribution in [0.3, 0.4) is 0 Å². The number of hydrogen-bond donors (Lipinski definition) is 2. The summed E-state index contributed by atoms with van der Waals surface area (Å²) in [5.74, 6) is 0.871. The minimum atomic E-state index is -0.214. The maximum absolute atomic E-state index is 6.25. The van der Waals surface area contributed by atoms with Gasteiger partial charge in [-0.3, -0.25) is 9.89 Å². The quantitative estimate of drug-likeness (QED) is 0.613. The Balaban J connectivity index is 1.34. The number of halogens is 1. The van der Waals surface area contributed by atoms with Crippen LogP contribution in [0.2, 0.25) is 0 Å². The monoisotopic (exact) mass is 388 g/mol. The lowest BCUT2D eigenvalue weighted by molar-refractivity contribution is 0.00791. The van der Waals surface area contributed by atoms with Crippen molar-refractivity contribution in [3.63, 3.8) is 0 Å². The van der Waals surface area contributed by atoms with Gasteiger partial charge in [-0.1, -0.05) is 17.7 Å². The molecule has 0 radical (unpaired) electrons. The first-order valence-corrected chi connectivity index (χ1v) is 10.3. The first-order chi connectivity index (χ1) is 13.3. The number of rotatable bonds is 3. The molecule has 2 aromatic rings. The zero-order valence-electron chi connectivity index (χ0n) is 15.3. The summed E-state index contributed by atoms with van der Waals surface area (Å²) in [6.07, 6.45) is 9.20. The summed E-state index contributed by atoms with van der Waals surface area (Å²) in [5.41, 5.74) is 0.610. The van der Waals surface area contributed by atoms with Gasteiger partial charge in [-0.2, -0.15) is 0 Å². The van der Waals surface area contributed by atoms with Gasteiger partial charge >= 0.3 is 0 Å². The number of nitrogens with zero attached hydrogens (tertiary/aromatic N) is 4. The van der Waals surface area contributed by atoms with Crippen molar-refractivity contribution in [1.29, 1.82) is 0 Å². The minimum absolute atomic E-state index is 0.214. The molecular formula is C19H25ClN6O. The van der Waals surface area contributed by atoms with E-state index in [9.17, 15) is 0 Å². The second-order valence-corrected chi connectivity index (χ2v) is 8.14. The summed E-state index contributed by atoms with van der Waals surface area (Å²) >= 11 is 6.25. The van der Waals surface area contributed by atoms with Gasteiger partial charge in [0.15, 0.2) is 0 Å². The maximum Gasteiger partial charge on any atom is 0.145 e. The van der Waals surface area contributed by atoms with E-state index in [1.807, 2.05) is 0 Å². The molecule has 3 aliphatic rings. The van der Waals surface area contributed by atoms with E-state index in [0.717, 1.165) is 73.1 Å². The molecule has 2 aromatic heterocycles. The lowest BCUT2D eigenvalue weighted by atomic mass is 9.90. The van der Waals surface area contributed by atoms with Crippen molar-refractivity contribution in [1.82, 2.24) is 19.9 Å². The SMILES string of the molecule is ClC1CC=c2[nH]c3ncnc(N[C@H]4CC[C@H](N5CCOCC5)CC4)c3c2=N1. The lowest BCUT2D eigenvalue weighted by Crippen LogP contribution is -2.46. The molecule has 2 fully saturated rings. The summed E-state index contributed by atoms with van der Waals surface area (Å²) in [6.45, 7) is 3.89. The van der Waals surface area contributed by atoms with E-state index < -0.39 is 0 Å². The zero-order chi connectivity index (χ0) is 18.2. The van der Waals surface area contributed by atoms with Crippen LogP contribution in [0.1, 0.15) is 32.1 Å². The van der Waals surface area contributed by atoms with Crippen molar-refractivity contribution >= 4 is 34.5 Å². The van der Waals surface area contributed by atoms with E-state index in [1.165, 1.54) is 12.8 Å². The number of fused-ring (bicyclic) bond motifs is 3. The average Bonchev–Trinajstić information content (AvgIpc) is 3.08. The Morgan fingerprint density at radius 2 is 1.96 bits per heavy atom. The first-order valence-electron chi connectivity index (χ1n) is 9.91. The van der Waals surface area contributed by atoms with Gasteiger partial charge in [0.25, 0.3) is 0 Å². The summed E-state index contributed by atoms with van der Waals surface area (Å²) in [5, 5.41) is 6.52. The van der Waals surface area contributed by atoms with Gasteiger partial charge in [-0.05, 0) is 25.7 Å².